The molecule has 102 valence electrons. The predicted molar refractivity (Wildman–Crippen MR) is 86.3 cm³/mol. The molecular weight excluding hydrogens is 244 g/mol. The van der Waals surface area contributed by atoms with Crippen molar-refractivity contribution in [1.29, 1.82) is 0 Å². The van der Waals surface area contributed by atoms with Gasteiger partial charge in [-0.1, -0.05) is 60.7 Å². The van der Waals surface area contributed by atoms with Crippen molar-refractivity contribution in [2.75, 3.05) is 6.61 Å². The summed E-state index contributed by atoms with van der Waals surface area (Å²) in [6.07, 6.45) is 0. The molecule has 3 rings (SSSR count). The second kappa shape index (κ2) is 7.34. The molecule has 20 heavy (non-hydrogen) atoms. The summed E-state index contributed by atoms with van der Waals surface area (Å²) >= 11 is 0. The monoisotopic (exact) mass is 264 g/mol. The van der Waals surface area contributed by atoms with Crippen molar-refractivity contribution in [3.63, 3.8) is 0 Å². The minimum absolute atomic E-state index is 0.740. The van der Waals surface area contributed by atoms with Crippen molar-refractivity contribution in [2.45, 2.75) is 13.8 Å². The number of aryl methyl sites for hydroxylation is 1. The first kappa shape index (κ1) is 14.1. The van der Waals surface area contributed by atoms with Gasteiger partial charge in [-0.2, -0.15) is 0 Å². The predicted octanol–water partition coefficient (Wildman–Crippen LogP) is 5.23. The first-order chi connectivity index (χ1) is 9.81. The van der Waals surface area contributed by atoms with Crippen molar-refractivity contribution < 1.29 is 4.74 Å². The van der Waals surface area contributed by atoms with Gasteiger partial charge in [0, 0.05) is 0 Å². The second-order valence-corrected chi connectivity index (χ2v) is 4.54. The summed E-state index contributed by atoms with van der Waals surface area (Å²) in [6, 6.07) is 24.6. The number of benzene rings is 3. The molecular formula is C19H20O. The van der Waals surface area contributed by atoms with Crippen LogP contribution in [0.15, 0.2) is 72.8 Å². The molecule has 0 aliphatic heterocycles. The third-order valence-electron chi connectivity index (χ3n) is 3.06. The van der Waals surface area contributed by atoms with E-state index in [0.29, 0.717) is 0 Å². The van der Waals surface area contributed by atoms with Crippen LogP contribution in [0.5, 0.6) is 5.75 Å². The highest BCUT2D eigenvalue weighted by Crippen LogP contribution is 2.16. The van der Waals surface area contributed by atoms with Gasteiger partial charge in [-0.3, -0.25) is 0 Å². The van der Waals surface area contributed by atoms with Crippen LogP contribution < -0.4 is 4.74 Å². The van der Waals surface area contributed by atoms with E-state index in [-0.39, 0.29) is 0 Å². The fourth-order valence-corrected chi connectivity index (χ4v) is 2.07. The van der Waals surface area contributed by atoms with Crippen molar-refractivity contribution in [1.82, 2.24) is 0 Å². The van der Waals surface area contributed by atoms with Gasteiger partial charge < -0.3 is 4.74 Å². The number of rotatable bonds is 2. The summed E-state index contributed by atoms with van der Waals surface area (Å²) in [5.41, 5.74) is 1.35. The molecule has 0 radical (unpaired) electrons. The molecule has 0 saturated heterocycles. The largest absolute Gasteiger partial charge is 0.494 e. The van der Waals surface area contributed by atoms with Gasteiger partial charge in [0.15, 0.2) is 0 Å². The Morgan fingerprint density at radius 1 is 0.750 bits per heavy atom. The lowest BCUT2D eigenvalue weighted by molar-refractivity contribution is 0.340. The number of ether oxygens (including phenoxy) is 1. The summed E-state index contributed by atoms with van der Waals surface area (Å²) in [5.74, 6) is 0.944. The van der Waals surface area contributed by atoms with Gasteiger partial charge in [0.1, 0.15) is 5.75 Å². The van der Waals surface area contributed by atoms with E-state index in [0.717, 1.165) is 12.4 Å². The third-order valence-corrected chi connectivity index (χ3v) is 3.06. The molecule has 0 bridgehead atoms. The summed E-state index contributed by atoms with van der Waals surface area (Å²) in [7, 11) is 0. The van der Waals surface area contributed by atoms with Gasteiger partial charge in [0.2, 0.25) is 0 Å². The van der Waals surface area contributed by atoms with E-state index in [2.05, 4.69) is 49.4 Å². The van der Waals surface area contributed by atoms with Gasteiger partial charge in [-0.15, -0.1) is 0 Å². The Hall–Kier alpha value is -2.28. The van der Waals surface area contributed by atoms with Gasteiger partial charge in [-0.25, -0.2) is 0 Å². The van der Waals surface area contributed by atoms with E-state index in [1.807, 2.05) is 37.3 Å². The lowest BCUT2D eigenvalue weighted by Crippen LogP contribution is -1.89. The fraction of sp³-hybridized carbons (Fsp3) is 0.158. The summed E-state index contributed by atoms with van der Waals surface area (Å²) < 4.78 is 5.21. The van der Waals surface area contributed by atoms with Crippen LogP contribution >= 0.6 is 0 Å². The summed E-state index contributed by atoms with van der Waals surface area (Å²) in [4.78, 5) is 0. The molecule has 0 aliphatic rings. The quantitative estimate of drug-likeness (QED) is 0.615. The maximum absolute atomic E-state index is 5.21. The minimum atomic E-state index is 0.740. The Morgan fingerprint density at radius 3 is 2.10 bits per heavy atom. The molecule has 0 aromatic heterocycles. The Kier molecular flexibility index (Phi) is 5.19. The molecule has 3 aromatic carbocycles. The standard InChI is InChI=1S/C11H10.C8H10O/c1-9-5-4-7-10-6-2-3-8-11(9)10;1-2-9-8-6-4-3-5-7-8/h2-8H,1H3;3-7H,2H2,1H3. The van der Waals surface area contributed by atoms with E-state index < -0.39 is 0 Å². The molecule has 3 aromatic rings. The molecule has 0 spiro atoms. The molecule has 1 heteroatoms. The highest BCUT2D eigenvalue weighted by Gasteiger charge is 1.92. The first-order valence-corrected chi connectivity index (χ1v) is 6.93. The third kappa shape index (κ3) is 3.86. The Bertz CT molecular complexity index is 639. The lowest BCUT2D eigenvalue weighted by Gasteiger charge is -1.99. The van der Waals surface area contributed by atoms with Crippen LogP contribution in [0, 0.1) is 6.92 Å². The molecule has 0 N–H and O–H groups in total. The zero-order valence-corrected chi connectivity index (χ0v) is 12.0. The number of para-hydroxylation sites is 1. The molecule has 0 unspecified atom stereocenters. The lowest BCUT2D eigenvalue weighted by atomic mass is 10.1. The van der Waals surface area contributed by atoms with Gasteiger partial charge in [0.25, 0.3) is 0 Å². The second-order valence-electron chi connectivity index (χ2n) is 4.54. The Balaban J connectivity index is 0.000000151. The summed E-state index contributed by atoms with van der Waals surface area (Å²) in [5, 5.41) is 2.68. The van der Waals surface area contributed by atoms with Crippen LogP contribution in [0.1, 0.15) is 12.5 Å². The van der Waals surface area contributed by atoms with Crippen LogP contribution in [0.4, 0.5) is 0 Å². The van der Waals surface area contributed by atoms with E-state index in [1.165, 1.54) is 16.3 Å². The SMILES string of the molecule is CCOc1ccccc1.Cc1cccc2ccccc12. The molecule has 0 heterocycles. The number of hydrogen-bond donors (Lipinski definition) is 0. The average molecular weight is 264 g/mol. The molecule has 1 nitrogen and oxygen atoms in total. The van der Waals surface area contributed by atoms with Gasteiger partial charge in [-0.05, 0) is 42.3 Å². The Morgan fingerprint density at radius 2 is 1.40 bits per heavy atom. The van der Waals surface area contributed by atoms with E-state index in [1.54, 1.807) is 0 Å². The smallest absolute Gasteiger partial charge is 0.119 e. The molecule has 0 fully saturated rings. The van der Waals surface area contributed by atoms with Crippen LogP contribution in [0.2, 0.25) is 0 Å². The van der Waals surface area contributed by atoms with E-state index >= 15 is 0 Å². The average Bonchev–Trinajstić information content (AvgIpc) is 2.50. The van der Waals surface area contributed by atoms with E-state index in [4.69, 9.17) is 4.74 Å². The number of fused-ring (bicyclic) bond motifs is 1. The minimum Gasteiger partial charge on any atom is -0.494 e. The van der Waals surface area contributed by atoms with Crippen molar-refractivity contribution in [3.05, 3.63) is 78.4 Å². The maximum Gasteiger partial charge on any atom is 0.119 e. The highest BCUT2D eigenvalue weighted by atomic mass is 16.5. The van der Waals surface area contributed by atoms with Crippen LogP contribution in [0.25, 0.3) is 10.8 Å². The molecule has 0 saturated carbocycles. The fourth-order valence-electron chi connectivity index (χ4n) is 2.07. The van der Waals surface area contributed by atoms with Crippen LogP contribution in [0.3, 0.4) is 0 Å². The van der Waals surface area contributed by atoms with E-state index in [9.17, 15) is 0 Å². The highest BCUT2D eigenvalue weighted by molar-refractivity contribution is 5.85. The molecule has 0 aliphatic carbocycles. The normalized spacial score (nSPS) is 9.70. The zero-order valence-electron chi connectivity index (χ0n) is 12.0. The van der Waals surface area contributed by atoms with Crippen molar-refractivity contribution >= 4 is 10.8 Å². The topological polar surface area (TPSA) is 9.23 Å². The van der Waals surface area contributed by atoms with Crippen LogP contribution in [-0.4, -0.2) is 6.61 Å². The van der Waals surface area contributed by atoms with Gasteiger partial charge >= 0.3 is 0 Å². The molecule has 0 atom stereocenters. The van der Waals surface area contributed by atoms with Crippen molar-refractivity contribution in [2.24, 2.45) is 0 Å². The number of hydrogen-bond acceptors (Lipinski definition) is 1. The molecule has 0 amide bonds. The van der Waals surface area contributed by atoms with Gasteiger partial charge in [0.05, 0.1) is 6.61 Å². The van der Waals surface area contributed by atoms with Crippen molar-refractivity contribution in [3.8, 4) is 5.75 Å². The summed E-state index contributed by atoms with van der Waals surface area (Å²) in [6.45, 7) is 4.86. The zero-order chi connectivity index (χ0) is 14.2. The Labute approximate surface area is 120 Å². The first-order valence-electron chi connectivity index (χ1n) is 6.93. The maximum atomic E-state index is 5.21. The van der Waals surface area contributed by atoms with Crippen LogP contribution in [-0.2, 0) is 0 Å².